The molecule has 44 heavy (non-hydrogen) atoms. The number of piperidine rings is 1. The summed E-state index contributed by atoms with van der Waals surface area (Å²) in [4.78, 5) is 33.4. The first-order valence-corrected chi connectivity index (χ1v) is 15.1. The van der Waals surface area contributed by atoms with Crippen LogP contribution in [0.3, 0.4) is 0 Å². The van der Waals surface area contributed by atoms with Gasteiger partial charge in [0.1, 0.15) is 17.4 Å². The van der Waals surface area contributed by atoms with Gasteiger partial charge in [-0.15, -0.1) is 0 Å². The molecular formula is C31H34F3N5O4S. The third kappa shape index (κ3) is 5.44. The van der Waals surface area contributed by atoms with Gasteiger partial charge in [-0.2, -0.15) is 18.4 Å². The highest BCUT2D eigenvalue weighted by atomic mass is 32.1. The number of halogens is 3. The van der Waals surface area contributed by atoms with Crippen molar-refractivity contribution in [2.45, 2.75) is 83.0 Å². The fourth-order valence-corrected chi connectivity index (χ4v) is 7.15. The minimum absolute atomic E-state index is 0.0559. The molecule has 2 aliphatic heterocycles. The highest BCUT2D eigenvalue weighted by Crippen LogP contribution is 2.49. The zero-order valence-electron chi connectivity index (χ0n) is 24.8. The fourth-order valence-electron chi connectivity index (χ4n) is 6.68. The number of likely N-dealkylation sites (tertiary alicyclic amines) is 1. The number of ether oxygens (including phenoxy) is 1. The Morgan fingerprint density at radius 1 is 1.25 bits per heavy atom. The Morgan fingerprint density at radius 2 is 1.98 bits per heavy atom. The number of nitrogens with zero attached hydrogens (tertiary/aromatic N) is 5. The van der Waals surface area contributed by atoms with Crippen molar-refractivity contribution in [1.82, 2.24) is 9.88 Å². The van der Waals surface area contributed by atoms with E-state index in [4.69, 9.17) is 22.2 Å². The van der Waals surface area contributed by atoms with Gasteiger partial charge in [-0.25, -0.2) is 9.78 Å². The zero-order valence-corrected chi connectivity index (χ0v) is 25.6. The molecule has 0 unspecified atom stereocenters. The largest absolute Gasteiger partial charge is 0.493 e. The second-order valence-corrected chi connectivity index (χ2v) is 12.6. The molecule has 2 amide bonds. The average molecular weight is 630 g/mol. The molecular weight excluding hydrogens is 595 g/mol. The summed E-state index contributed by atoms with van der Waals surface area (Å²) in [6.07, 6.45) is 0.0432. The van der Waals surface area contributed by atoms with Gasteiger partial charge in [0.15, 0.2) is 10.8 Å². The standard InChI is InChI=1S/C31H34F3N5O4S/c1-4-20-14-21(6-7-25(20)43-13-9-19-8-12-37(28(41)42)29(2,3)16-19)39-27(44)38(26(40)30(39)10-5-11-30)22-15-23(31(32,33)34)24(17-35)36-18-22/h6-7,14-15,18-19H,4-5,8-13,16H2,1-3H3,(H,41,42)/t19-/m1/s1. The summed E-state index contributed by atoms with van der Waals surface area (Å²) in [6.45, 7) is 6.82. The van der Waals surface area contributed by atoms with Crippen molar-refractivity contribution in [3.63, 3.8) is 0 Å². The number of rotatable bonds is 7. The molecule has 3 heterocycles. The highest BCUT2D eigenvalue weighted by molar-refractivity contribution is 7.81. The van der Waals surface area contributed by atoms with E-state index >= 15 is 0 Å². The van der Waals surface area contributed by atoms with Crippen molar-refractivity contribution in [3.05, 3.63) is 47.3 Å². The van der Waals surface area contributed by atoms with Crippen LogP contribution >= 0.6 is 12.2 Å². The van der Waals surface area contributed by atoms with Crippen LogP contribution in [0.4, 0.5) is 29.3 Å². The van der Waals surface area contributed by atoms with E-state index in [0.29, 0.717) is 49.8 Å². The van der Waals surface area contributed by atoms with Crippen LogP contribution in [0.15, 0.2) is 30.5 Å². The lowest BCUT2D eigenvalue weighted by molar-refractivity contribution is -0.138. The van der Waals surface area contributed by atoms with Gasteiger partial charge < -0.3 is 19.6 Å². The van der Waals surface area contributed by atoms with E-state index in [2.05, 4.69) is 4.98 Å². The summed E-state index contributed by atoms with van der Waals surface area (Å²) in [5.41, 5.74) is -2.03. The molecule has 1 aromatic heterocycles. The van der Waals surface area contributed by atoms with Crippen molar-refractivity contribution in [1.29, 1.82) is 5.26 Å². The third-order valence-corrected chi connectivity index (χ3v) is 9.48. The first kappa shape index (κ1) is 31.5. The van der Waals surface area contributed by atoms with Crippen molar-refractivity contribution in [3.8, 4) is 11.8 Å². The normalized spacial score (nSPS) is 20.9. The number of alkyl halides is 3. The van der Waals surface area contributed by atoms with Crippen molar-refractivity contribution >= 4 is 40.7 Å². The molecule has 1 aliphatic carbocycles. The number of amides is 2. The van der Waals surface area contributed by atoms with Gasteiger partial charge in [0, 0.05) is 17.8 Å². The molecule has 5 rings (SSSR count). The van der Waals surface area contributed by atoms with Crippen molar-refractivity contribution < 1.29 is 32.6 Å². The lowest BCUT2D eigenvalue weighted by Crippen LogP contribution is -2.55. The molecule has 1 saturated carbocycles. The fraction of sp³-hybridized carbons (Fsp3) is 0.516. The number of pyridine rings is 1. The number of hydrogen-bond donors (Lipinski definition) is 1. The number of aromatic nitrogens is 1. The molecule has 1 spiro atoms. The van der Waals surface area contributed by atoms with E-state index in [1.165, 1.54) is 11.0 Å². The molecule has 0 bridgehead atoms. The second kappa shape index (κ2) is 11.5. The van der Waals surface area contributed by atoms with Crippen LogP contribution in [0, 0.1) is 17.2 Å². The van der Waals surface area contributed by atoms with Gasteiger partial charge in [0.05, 0.1) is 24.1 Å². The number of carbonyl (C=O) groups is 2. The van der Waals surface area contributed by atoms with Gasteiger partial charge >= 0.3 is 12.3 Å². The van der Waals surface area contributed by atoms with E-state index in [1.54, 1.807) is 4.90 Å². The quantitative estimate of drug-likeness (QED) is 0.344. The zero-order chi connectivity index (χ0) is 32.0. The summed E-state index contributed by atoms with van der Waals surface area (Å²) >= 11 is 5.73. The van der Waals surface area contributed by atoms with Crippen LogP contribution in [0.25, 0.3) is 0 Å². The van der Waals surface area contributed by atoms with Crippen LogP contribution in [-0.4, -0.2) is 56.3 Å². The van der Waals surface area contributed by atoms with Gasteiger partial charge in [0.2, 0.25) is 0 Å². The van der Waals surface area contributed by atoms with E-state index in [0.717, 1.165) is 48.4 Å². The van der Waals surface area contributed by atoms with Crippen molar-refractivity contribution in [2.24, 2.45) is 5.92 Å². The molecule has 1 aromatic carbocycles. The molecule has 13 heteroatoms. The third-order valence-electron chi connectivity index (χ3n) is 9.11. The Morgan fingerprint density at radius 3 is 2.55 bits per heavy atom. The number of nitriles is 1. The molecule has 234 valence electrons. The molecule has 1 atom stereocenters. The number of carbonyl (C=O) groups excluding carboxylic acids is 1. The Bertz CT molecular complexity index is 1540. The Hall–Kier alpha value is -3.92. The minimum Gasteiger partial charge on any atom is -0.493 e. The lowest BCUT2D eigenvalue weighted by atomic mass is 9.75. The van der Waals surface area contributed by atoms with Crippen LogP contribution in [0.5, 0.6) is 5.75 Å². The number of hydrogen-bond acceptors (Lipinski definition) is 6. The van der Waals surface area contributed by atoms with E-state index in [-0.39, 0.29) is 10.8 Å². The van der Waals surface area contributed by atoms with E-state index < -0.39 is 40.5 Å². The van der Waals surface area contributed by atoms with Gasteiger partial charge in [-0.3, -0.25) is 9.69 Å². The van der Waals surface area contributed by atoms with Crippen molar-refractivity contribution in [2.75, 3.05) is 23.0 Å². The van der Waals surface area contributed by atoms with E-state index in [9.17, 15) is 27.9 Å². The number of thiocarbonyl (C=S) groups is 1. The Kier molecular flexibility index (Phi) is 8.26. The maximum atomic E-state index is 13.8. The molecule has 2 saturated heterocycles. The summed E-state index contributed by atoms with van der Waals surface area (Å²) in [7, 11) is 0. The smallest absolute Gasteiger partial charge is 0.419 e. The molecule has 3 aliphatic rings. The number of anilines is 2. The first-order valence-electron chi connectivity index (χ1n) is 14.7. The second-order valence-electron chi connectivity index (χ2n) is 12.2. The summed E-state index contributed by atoms with van der Waals surface area (Å²) in [5, 5.41) is 18.7. The number of aryl methyl sites for hydroxylation is 1. The maximum Gasteiger partial charge on any atom is 0.419 e. The predicted octanol–water partition coefficient (Wildman–Crippen LogP) is 6.53. The summed E-state index contributed by atoms with van der Waals surface area (Å²) in [6, 6.07) is 7.77. The molecule has 0 radical (unpaired) electrons. The van der Waals surface area contributed by atoms with Crippen LogP contribution < -0.4 is 14.5 Å². The Labute approximate surface area is 259 Å². The van der Waals surface area contributed by atoms with Gasteiger partial charge in [-0.05, 0) is 107 Å². The monoisotopic (exact) mass is 629 g/mol. The van der Waals surface area contributed by atoms with Gasteiger partial charge in [0.25, 0.3) is 5.91 Å². The summed E-state index contributed by atoms with van der Waals surface area (Å²) in [5.74, 6) is 0.612. The molecule has 9 nitrogen and oxygen atoms in total. The maximum absolute atomic E-state index is 13.8. The molecule has 1 N–H and O–H groups in total. The molecule has 3 fully saturated rings. The summed E-state index contributed by atoms with van der Waals surface area (Å²) < 4.78 is 47.3. The SMILES string of the molecule is CCc1cc(N2C(=S)N(c3cnc(C#N)c(C(F)(F)F)c3)C(=O)C23CCC3)ccc1OCC[C@H]1CCN(C(=O)O)C(C)(C)C1. The first-order chi connectivity index (χ1) is 20.7. The number of benzene rings is 1. The van der Waals surface area contributed by atoms with Crippen LogP contribution in [0.1, 0.15) is 76.1 Å². The lowest BCUT2D eigenvalue weighted by Gasteiger charge is -2.44. The van der Waals surface area contributed by atoms with Gasteiger partial charge in [-0.1, -0.05) is 6.92 Å². The van der Waals surface area contributed by atoms with E-state index in [1.807, 2.05) is 39.0 Å². The molecule has 2 aromatic rings. The van der Waals surface area contributed by atoms with Crippen LogP contribution in [-0.2, 0) is 17.4 Å². The topological polar surface area (TPSA) is 110 Å². The number of carboxylic acid groups (broad SMARTS) is 1. The van der Waals surface area contributed by atoms with Crippen LogP contribution in [0.2, 0.25) is 0 Å². The Balaban J connectivity index is 1.35. The predicted molar refractivity (Wildman–Crippen MR) is 161 cm³/mol. The highest BCUT2D eigenvalue weighted by Gasteiger charge is 2.60. The minimum atomic E-state index is -4.83. The average Bonchev–Trinajstić information content (AvgIpc) is 3.18.